The average Bonchev–Trinajstić information content (AvgIpc) is 2.92. The Bertz CT molecular complexity index is 785. The monoisotopic (exact) mass is 312 g/mol. The predicted molar refractivity (Wildman–Crippen MR) is 84.4 cm³/mol. The van der Waals surface area contributed by atoms with Gasteiger partial charge in [0.25, 0.3) is 0 Å². The number of methoxy groups -OCH3 is 1. The Hall–Kier alpha value is -2.89. The zero-order valence-corrected chi connectivity index (χ0v) is 12.7. The van der Waals surface area contributed by atoms with Crippen LogP contribution < -0.4 is 0 Å². The van der Waals surface area contributed by atoms with E-state index in [4.69, 9.17) is 4.74 Å². The van der Waals surface area contributed by atoms with Gasteiger partial charge in [-0.3, -0.25) is 14.7 Å². The molecule has 1 aliphatic rings. The van der Waals surface area contributed by atoms with E-state index in [0.717, 1.165) is 16.5 Å². The molecule has 118 valence electrons. The van der Waals surface area contributed by atoms with Gasteiger partial charge in [0.05, 0.1) is 25.6 Å². The van der Waals surface area contributed by atoms with Gasteiger partial charge in [0.2, 0.25) is 0 Å². The molecule has 0 aliphatic carbocycles. The molecular formula is C17H16N2O4. The first-order valence-electron chi connectivity index (χ1n) is 7.24. The number of aromatic nitrogens is 1. The van der Waals surface area contributed by atoms with E-state index in [0.29, 0.717) is 12.3 Å². The number of hydrogen-bond donors (Lipinski definition) is 0. The molecule has 0 radical (unpaired) electrons. The number of nitrogens with zero attached hydrogens (tertiary/aromatic N) is 2. The Kier molecular flexibility index (Phi) is 4.23. The summed E-state index contributed by atoms with van der Waals surface area (Å²) in [7, 11) is 1.32. The molecule has 6 heteroatoms. The molecule has 2 aromatic rings. The van der Waals surface area contributed by atoms with E-state index in [1.807, 2.05) is 30.3 Å². The minimum Gasteiger partial charge on any atom is -0.469 e. The summed E-state index contributed by atoms with van der Waals surface area (Å²) in [6.45, 7) is 0.613. The van der Waals surface area contributed by atoms with Gasteiger partial charge in [0.1, 0.15) is 5.76 Å². The van der Waals surface area contributed by atoms with Crippen molar-refractivity contribution in [1.82, 2.24) is 9.88 Å². The van der Waals surface area contributed by atoms with E-state index in [1.165, 1.54) is 12.0 Å². The molecule has 1 aromatic carbocycles. The lowest BCUT2D eigenvalue weighted by Crippen LogP contribution is -2.27. The van der Waals surface area contributed by atoms with Crippen LogP contribution in [0, 0.1) is 0 Å². The number of fused-ring (bicyclic) bond motifs is 1. The second kappa shape index (κ2) is 6.48. The van der Waals surface area contributed by atoms with Gasteiger partial charge >= 0.3 is 12.1 Å². The van der Waals surface area contributed by atoms with Crippen molar-refractivity contribution in [2.24, 2.45) is 0 Å². The molecular weight excluding hydrogens is 296 g/mol. The van der Waals surface area contributed by atoms with Crippen molar-refractivity contribution in [1.29, 1.82) is 0 Å². The van der Waals surface area contributed by atoms with Gasteiger partial charge in [-0.05, 0) is 23.8 Å². The molecule has 1 saturated heterocycles. The highest BCUT2D eigenvalue weighted by molar-refractivity contribution is 5.81. The fourth-order valence-corrected chi connectivity index (χ4v) is 2.39. The van der Waals surface area contributed by atoms with Crippen LogP contribution in [0.1, 0.15) is 12.0 Å². The van der Waals surface area contributed by atoms with Crippen molar-refractivity contribution in [3.63, 3.8) is 0 Å². The van der Waals surface area contributed by atoms with E-state index in [-0.39, 0.29) is 18.9 Å². The lowest BCUT2D eigenvalue weighted by molar-refractivity contribution is -0.140. The quantitative estimate of drug-likeness (QED) is 0.812. The highest BCUT2D eigenvalue weighted by Gasteiger charge is 2.27. The number of rotatable bonds is 4. The molecule has 1 aromatic heterocycles. The highest BCUT2D eigenvalue weighted by Crippen LogP contribution is 2.20. The Morgan fingerprint density at radius 3 is 3.09 bits per heavy atom. The maximum absolute atomic E-state index is 11.8. The van der Waals surface area contributed by atoms with E-state index in [2.05, 4.69) is 9.72 Å². The third-order valence-corrected chi connectivity index (χ3v) is 3.58. The number of carbonyl (C=O) groups excluding carboxylic acids is 2. The Balaban J connectivity index is 1.72. The predicted octanol–water partition coefficient (Wildman–Crippen LogP) is 2.59. The topological polar surface area (TPSA) is 68.7 Å². The molecule has 3 rings (SSSR count). The van der Waals surface area contributed by atoms with Crippen LogP contribution in [0.25, 0.3) is 17.0 Å². The third kappa shape index (κ3) is 3.48. The van der Waals surface area contributed by atoms with Crippen molar-refractivity contribution in [3.8, 4) is 0 Å². The fourth-order valence-electron chi connectivity index (χ4n) is 2.39. The molecule has 0 N–H and O–H groups in total. The number of ether oxygens (including phenoxy) is 2. The maximum Gasteiger partial charge on any atom is 0.415 e. The van der Waals surface area contributed by atoms with Gasteiger partial charge in [0, 0.05) is 18.1 Å². The standard InChI is InChI=1S/C17H16N2O4/c1-22-16(20)6-7-19-11-14(23-17(19)21)9-12-8-13-4-2-3-5-15(13)18-10-12/h2-5,8-10H,6-7,11H2,1H3/b14-9+. The first-order chi connectivity index (χ1) is 11.2. The minimum atomic E-state index is -0.450. The number of para-hydroxylation sites is 1. The van der Waals surface area contributed by atoms with Crippen LogP contribution >= 0.6 is 0 Å². The Morgan fingerprint density at radius 2 is 2.26 bits per heavy atom. The van der Waals surface area contributed by atoms with Crippen molar-refractivity contribution in [2.75, 3.05) is 20.2 Å². The summed E-state index contributed by atoms with van der Waals surface area (Å²) in [5.41, 5.74) is 1.78. The summed E-state index contributed by atoms with van der Waals surface area (Å²) in [5, 5.41) is 1.02. The van der Waals surface area contributed by atoms with E-state index >= 15 is 0 Å². The number of hydrogen-bond acceptors (Lipinski definition) is 5. The van der Waals surface area contributed by atoms with Crippen molar-refractivity contribution < 1.29 is 19.1 Å². The molecule has 0 spiro atoms. The van der Waals surface area contributed by atoms with E-state index < -0.39 is 6.09 Å². The molecule has 23 heavy (non-hydrogen) atoms. The second-order valence-electron chi connectivity index (χ2n) is 5.19. The summed E-state index contributed by atoms with van der Waals surface area (Å²) >= 11 is 0. The zero-order chi connectivity index (χ0) is 16.2. The fraction of sp³-hybridized carbons (Fsp3) is 0.235. The van der Waals surface area contributed by atoms with E-state index in [9.17, 15) is 9.59 Å². The molecule has 1 aliphatic heterocycles. The molecule has 1 fully saturated rings. The molecule has 0 bridgehead atoms. The zero-order valence-electron chi connectivity index (χ0n) is 12.7. The first-order valence-corrected chi connectivity index (χ1v) is 7.24. The number of cyclic esters (lactones) is 1. The molecule has 1 amide bonds. The molecule has 2 heterocycles. The van der Waals surface area contributed by atoms with Crippen molar-refractivity contribution in [2.45, 2.75) is 6.42 Å². The van der Waals surface area contributed by atoms with E-state index in [1.54, 1.807) is 12.3 Å². The number of carbonyl (C=O) groups is 2. The number of esters is 1. The highest BCUT2D eigenvalue weighted by atomic mass is 16.6. The largest absolute Gasteiger partial charge is 0.469 e. The molecule has 6 nitrogen and oxygen atoms in total. The number of amides is 1. The summed E-state index contributed by atoms with van der Waals surface area (Å²) in [6, 6.07) is 9.79. The van der Waals surface area contributed by atoms with Gasteiger partial charge in [-0.15, -0.1) is 0 Å². The smallest absolute Gasteiger partial charge is 0.415 e. The lowest BCUT2D eigenvalue weighted by Gasteiger charge is -2.09. The summed E-state index contributed by atoms with van der Waals surface area (Å²) < 4.78 is 9.79. The summed E-state index contributed by atoms with van der Waals surface area (Å²) in [5.74, 6) is 0.186. The van der Waals surface area contributed by atoms with Gasteiger partial charge in [0.15, 0.2) is 0 Å². The normalized spacial score (nSPS) is 16.0. The van der Waals surface area contributed by atoms with Gasteiger partial charge in [-0.2, -0.15) is 0 Å². The molecule has 0 saturated carbocycles. The lowest BCUT2D eigenvalue weighted by atomic mass is 10.1. The summed E-state index contributed by atoms with van der Waals surface area (Å²) in [6.07, 6.45) is 3.22. The van der Waals surface area contributed by atoms with Gasteiger partial charge in [-0.25, -0.2) is 4.79 Å². The molecule has 0 unspecified atom stereocenters. The second-order valence-corrected chi connectivity index (χ2v) is 5.19. The van der Waals surface area contributed by atoms with Gasteiger partial charge in [-0.1, -0.05) is 18.2 Å². The van der Waals surface area contributed by atoms with Crippen LogP contribution in [-0.2, 0) is 14.3 Å². The molecule has 0 atom stereocenters. The summed E-state index contributed by atoms with van der Waals surface area (Å²) in [4.78, 5) is 28.8. The number of pyridine rings is 1. The van der Waals surface area contributed by atoms with Crippen LogP contribution in [-0.4, -0.2) is 42.1 Å². The SMILES string of the molecule is COC(=O)CCN1C/C(=C\c2cnc3ccccc3c2)OC1=O. The van der Waals surface area contributed by atoms with Crippen LogP contribution in [0.3, 0.4) is 0 Å². The third-order valence-electron chi connectivity index (χ3n) is 3.58. The van der Waals surface area contributed by atoms with Crippen LogP contribution in [0.15, 0.2) is 42.3 Å². The van der Waals surface area contributed by atoms with Crippen molar-refractivity contribution >= 4 is 29.0 Å². The van der Waals surface area contributed by atoms with Crippen LogP contribution in [0.5, 0.6) is 0 Å². The number of benzene rings is 1. The average molecular weight is 312 g/mol. The van der Waals surface area contributed by atoms with Gasteiger partial charge < -0.3 is 9.47 Å². The van der Waals surface area contributed by atoms with Crippen LogP contribution in [0.4, 0.5) is 4.79 Å². The minimum absolute atomic E-state index is 0.149. The first kappa shape index (κ1) is 15.0. The Labute approximate surface area is 133 Å². The van der Waals surface area contributed by atoms with Crippen molar-refractivity contribution in [3.05, 3.63) is 47.9 Å². The maximum atomic E-state index is 11.8. The Morgan fingerprint density at radius 1 is 1.43 bits per heavy atom. The van der Waals surface area contributed by atoms with Crippen LogP contribution in [0.2, 0.25) is 0 Å².